The highest BCUT2D eigenvalue weighted by molar-refractivity contribution is 6.39. The molecule has 3 aromatic carbocycles. The molecule has 0 bridgehead atoms. The lowest BCUT2D eigenvalue weighted by Gasteiger charge is -2.26. The van der Waals surface area contributed by atoms with Gasteiger partial charge in [-0.1, -0.05) is 44.2 Å². The number of anilines is 1. The number of nitrogens with zero attached hydrogens (tertiary/aromatic N) is 2. The molecule has 1 aliphatic heterocycles. The molecule has 1 N–H and O–H groups in total. The third-order valence-electron chi connectivity index (χ3n) is 6.69. The second-order valence-corrected chi connectivity index (χ2v) is 9.77. The van der Waals surface area contributed by atoms with Crippen LogP contribution in [0, 0.1) is 12.7 Å². The smallest absolute Gasteiger partial charge is 0.335 e. The molecular weight excluding hydrogens is 497 g/mol. The Morgan fingerprint density at radius 1 is 1.00 bits per heavy atom. The Kier molecular flexibility index (Phi) is 7.02. The van der Waals surface area contributed by atoms with E-state index in [1.807, 2.05) is 48.0 Å². The average molecular weight is 526 g/mol. The molecule has 4 amide bonds. The van der Waals surface area contributed by atoms with Crippen molar-refractivity contribution in [2.45, 2.75) is 33.2 Å². The van der Waals surface area contributed by atoms with Crippen LogP contribution in [-0.4, -0.2) is 29.0 Å². The molecule has 0 aliphatic carbocycles. The van der Waals surface area contributed by atoms with E-state index in [1.165, 1.54) is 18.2 Å². The molecule has 2 heterocycles. The molecule has 5 rings (SSSR count). The maximum absolute atomic E-state index is 13.4. The van der Waals surface area contributed by atoms with E-state index in [1.54, 1.807) is 0 Å². The number of urea groups is 1. The number of benzene rings is 3. The molecule has 1 aromatic heterocycles. The fourth-order valence-corrected chi connectivity index (χ4v) is 4.71. The van der Waals surface area contributed by atoms with Crippen LogP contribution in [0.25, 0.3) is 17.0 Å². The van der Waals surface area contributed by atoms with Crippen LogP contribution >= 0.6 is 0 Å². The molecular formula is C31H28FN3O4. The van der Waals surface area contributed by atoms with Crippen LogP contribution in [0.1, 0.15) is 36.5 Å². The summed E-state index contributed by atoms with van der Waals surface area (Å²) in [5.74, 6) is -0.888. The summed E-state index contributed by atoms with van der Waals surface area (Å²) in [7, 11) is 0. The number of para-hydroxylation sites is 1. The molecule has 1 aliphatic rings. The number of aryl methyl sites for hydroxylation is 1. The average Bonchev–Trinajstić information content (AvgIpc) is 3.25. The molecule has 1 fully saturated rings. The third kappa shape index (κ3) is 5.18. The van der Waals surface area contributed by atoms with E-state index in [0.29, 0.717) is 24.6 Å². The first-order chi connectivity index (χ1) is 18.7. The second kappa shape index (κ2) is 10.6. The summed E-state index contributed by atoms with van der Waals surface area (Å²) in [5.41, 5.74) is 3.80. The van der Waals surface area contributed by atoms with Crippen LogP contribution in [-0.2, 0) is 16.1 Å². The molecule has 1 saturated heterocycles. The van der Waals surface area contributed by atoms with Gasteiger partial charge >= 0.3 is 6.03 Å². The summed E-state index contributed by atoms with van der Waals surface area (Å²) in [4.78, 5) is 39.3. The molecule has 8 heteroatoms. The molecule has 0 radical (unpaired) electrons. The lowest BCUT2D eigenvalue weighted by atomic mass is 10.0. The van der Waals surface area contributed by atoms with Crippen LogP contribution in [0.3, 0.4) is 0 Å². The fraction of sp³-hybridized carbons (Fsp3) is 0.194. The maximum atomic E-state index is 13.4. The number of hydrogen-bond donors (Lipinski definition) is 1. The lowest BCUT2D eigenvalue weighted by molar-refractivity contribution is -0.122. The Bertz CT molecular complexity index is 1620. The Morgan fingerprint density at radius 3 is 2.49 bits per heavy atom. The molecule has 0 atom stereocenters. The predicted molar refractivity (Wildman–Crippen MR) is 148 cm³/mol. The molecule has 0 spiro atoms. The number of barbiturate groups is 1. The van der Waals surface area contributed by atoms with Crippen molar-refractivity contribution in [3.63, 3.8) is 0 Å². The van der Waals surface area contributed by atoms with Crippen LogP contribution < -0.4 is 15.0 Å². The topological polar surface area (TPSA) is 80.6 Å². The van der Waals surface area contributed by atoms with E-state index in [0.717, 1.165) is 44.8 Å². The maximum Gasteiger partial charge on any atom is 0.335 e. The zero-order valence-electron chi connectivity index (χ0n) is 21.9. The number of ether oxygens (including phenoxy) is 1. The van der Waals surface area contributed by atoms with Crippen molar-refractivity contribution >= 4 is 40.5 Å². The van der Waals surface area contributed by atoms with Crippen LogP contribution in [0.2, 0.25) is 0 Å². The van der Waals surface area contributed by atoms with Gasteiger partial charge in [-0.3, -0.25) is 14.9 Å². The van der Waals surface area contributed by atoms with Gasteiger partial charge in [0.25, 0.3) is 11.8 Å². The summed E-state index contributed by atoms with van der Waals surface area (Å²) in [6.45, 7) is 7.25. The first-order valence-electron chi connectivity index (χ1n) is 12.7. The van der Waals surface area contributed by atoms with Crippen molar-refractivity contribution in [1.29, 1.82) is 0 Å². The summed E-state index contributed by atoms with van der Waals surface area (Å²) in [6.07, 6.45) is 3.34. The largest absolute Gasteiger partial charge is 0.491 e. The van der Waals surface area contributed by atoms with Gasteiger partial charge in [-0.05, 0) is 66.4 Å². The number of carbonyl (C=O) groups excluding carboxylic acids is 3. The SMILES string of the molecule is Cc1ccc(C(C)C)c(OCCn2cc(C=C3C(=O)NC(=O)N(c4ccc(F)cc4)C3=O)c3ccccc32)c1. The molecule has 0 unspecified atom stereocenters. The number of carbonyl (C=O) groups is 3. The van der Waals surface area contributed by atoms with Crippen LogP contribution in [0.4, 0.5) is 14.9 Å². The Balaban J connectivity index is 1.44. The highest BCUT2D eigenvalue weighted by Gasteiger charge is 2.37. The highest BCUT2D eigenvalue weighted by Crippen LogP contribution is 2.29. The Morgan fingerprint density at radius 2 is 1.74 bits per heavy atom. The van der Waals surface area contributed by atoms with E-state index in [2.05, 4.69) is 31.3 Å². The molecule has 198 valence electrons. The Labute approximate surface area is 225 Å². The summed E-state index contributed by atoms with van der Waals surface area (Å²) < 4.78 is 21.6. The van der Waals surface area contributed by atoms with E-state index >= 15 is 0 Å². The van der Waals surface area contributed by atoms with Crippen molar-refractivity contribution < 1.29 is 23.5 Å². The number of fused-ring (bicyclic) bond motifs is 1. The van der Waals surface area contributed by atoms with E-state index in [-0.39, 0.29) is 11.3 Å². The lowest BCUT2D eigenvalue weighted by Crippen LogP contribution is -2.54. The number of aromatic nitrogens is 1. The quantitative estimate of drug-likeness (QED) is 0.239. The minimum atomic E-state index is -0.884. The van der Waals surface area contributed by atoms with Gasteiger partial charge in [0, 0.05) is 22.7 Å². The first-order valence-corrected chi connectivity index (χ1v) is 12.7. The van der Waals surface area contributed by atoms with Gasteiger partial charge in [-0.15, -0.1) is 0 Å². The fourth-order valence-electron chi connectivity index (χ4n) is 4.71. The number of imide groups is 2. The number of amides is 4. The normalized spacial score (nSPS) is 14.9. The minimum Gasteiger partial charge on any atom is -0.491 e. The van der Waals surface area contributed by atoms with Crippen LogP contribution in [0.5, 0.6) is 5.75 Å². The van der Waals surface area contributed by atoms with Crippen molar-refractivity contribution in [3.05, 3.63) is 101 Å². The van der Waals surface area contributed by atoms with Gasteiger partial charge < -0.3 is 9.30 Å². The standard InChI is InChI=1S/C31H28FN3O4/c1-19(2)24-13-8-20(3)16-28(24)39-15-14-34-18-21(25-6-4-5-7-27(25)34)17-26-29(36)33-31(38)35(30(26)37)23-11-9-22(32)10-12-23/h4-13,16-19H,14-15H2,1-3H3,(H,33,36,38). The van der Waals surface area contributed by atoms with E-state index < -0.39 is 23.7 Å². The summed E-state index contributed by atoms with van der Waals surface area (Å²) >= 11 is 0. The van der Waals surface area contributed by atoms with Gasteiger partial charge in [0.15, 0.2) is 0 Å². The number of halogens is 1. The zero-order valence-corrected chi connectivity index (χ0v) is 21.9. The van der Waals surface area contributed by atoms with E-state index in [4.69, 9.17) is 4.74 Å². The molecule has 39 heavy (non-hydrogen) atoms. The number of nitrogens with one attached hydrogen (secondary N) is 1. The highest BCUT2D eigenvalue weighted by atomic mass is 19.1. The van der Waals surface area contributed by atoms with Crippen molar-refractivity contribution in [2.75, 3.05) is 11.5 Å². The first kappa shape index (κ1) is 25.9. The van der Waals surface area contributed by atoms with Crippen molar-refractivity contribution in [2.24, 2.45) is 0 Å². The molecule has 4 aromatic rings. The third-order valence-corrected chi connectivity index (χ3v) is 6.69. The zero-order chi connectivity index (χ0) is 27.7. The minimum absolute atomic E-state index is 0.161. The van der Waals surface area contributed by atoms with Crippen LogP contribution in [0.15, 0.2) is 78.5 Å². The number of rotatable bonds is 7. The van der Waals surface area contributed by atoms with Crippen molar-refractivity contribution in [3.8, 4) is 5.75 Å². The summed E-state index contributed by atoms with van der Waals surface area (Å²) in [6, 6.07) is 17.9. The predicted octanol–water partition coefficient (Wildman–Crippen LogP) is 5.96. The van der Waals surface area contributed by atoms with Crippen molar-refractivity contribution in [1.82, 2.24) is 9.88 Å². The monoisotopic (exact) mass is 525 g/mol. The summed E-state index contributed by atoms with van der Waals surface area (Å²) in [5, 5.41) is 3.05. The van der Waals surface area contributed by atoms with Gasteiger partial charge in [0.2, 0.25) is 0 Å². The second-order valence-electron chi connectivity index (χ2n) is 9.77. The van der Waals surface area contributed by atoms with E-state index in [9.17, 15) is 18.8 Å². The Hall–Kier alpha value is -4.72. The van der Waals surface area contributed by atoms with Gasteiger partial charge in [0.1, 0.15) is 23.7 Å². The van der Waals surface area contributed by atoms with Gasteiger partial charge in [0.05, 0.1) is 12.2 Å². The molecule has 0 saturated carbocycles. The number of hydrogen-bond acceptors (Lipinski definition) is 4. The van der Waals surface area contributed by atoms with Gasteiger partial charge in [-0.25, -0.2) is 14.1 Å². The molecule has 7 nitrogen and oxygen atoms in total. The van der Waals surface area contributed by atoms with Gasteiger partial charge in [-0.2, -0.15) is 0 Å².